The van der Waals surface area contributed by atoms with Crippen molar-refractivity contribution in [2.24, 2.45) is 5.73 Å². The summed E-state index contributed by atoms with van der Waals surface area (Å²) in [6, 6.07) is -1.51. The number of hydrogen-bond acceptors (Lipinski definition) is 17. The summed E-state index contributed by atoms with van der Waals surface area (Å²) >= 11 is 0. The molecule has 0 aromatic heterocycles. The number of phosphoric ester groups is 1. The molecule has 0 aromatic rings. The lowest BCUT2D eigenvalue weighted by molar-refractivity contribution is -0.329. The molecular weight excluding hydrogens is 577 g/mol. The standard InChI is InChI=1S/C19H34NO19P/c20-9-12(26)15(39-40(31,32)33)8(36-16(9)28)3-34-17-13(27)11(25)7(37-17)4-35-19(18(29)30)1-5(22)10(24)14(38-19)6(23)2-21/h5-17,21-28H,1-4,20H2,(H,29,30)(H2,31,32,33)/t5-,6-,7-,8-,9-,10-,11-,12-,13+,14-,15-,16?,17+,19-/m1/s1. The molecule has 3 fully saturated rings. The molecule has 0 bridgehead atoms. The van der Waals surface area contributed by atoms with E-state index in [2.05, 4.69) is 4.52 Å². The lowest BCUT2D eigenvalue weighted by Gasteiger charge is -2.44. The molecule has 20 nitrogen and oxygen atoms in total. The number of nitrogens with two attached hydrogens (primary N) is 1. The van der Waals surface area contributed by atoms with E-state index in [-0.39, 0.29) is 0 Å². The molecule has 13 N–H and O–H groups in total. The van der Waals surface area contributed by atoms with Gasteiger partial charge in [0.2, 0.25) is 0 Å². The third kappa shape index (κ3) is 7.32. The van der Waals surface area contributed by atoms with Crippen LogP contribution < -0.4 is 5.73 Å². The van der Waals surface area contributed by atoms with Crippen molar-refractivity contribution >= 4 is 13.8 Å². The maximum atomic E-state index is 12.0. The molecule has 40 heavy (non-hydrogen) atoms. The van der Waals surface area contributed by atoms with Crippen LogP contribution in [0.1, 0.15) is 6.42 Å². The minimum Gasteiger partial charge on any atom is -0.477 e. The average Bonchev–Trinajstić information content (AvgIpc) is 3.15. The van der Waals surface area contributed by atoms with Gasteiger partial charge in [-0.1, -0.05) is 0 Å². The fourth-order valence-electron chi connectivity index (χ4n) is 4.43. The minimum atomic E-state index is -5.19. The molecule has 3 heterocycles. The summed E-state index contributed by atoms with van der Waals surface area (Å²) < 4.78 is 42.0. The molecule has 1 unspecified atom stereocenters. The highest BCUT2D eigenvalue weighted by atomic mass is 31.2. The first-order valence-corrected chi connectivity index (χ1v) is 13.4. The smallest absolute Gasteiger partial charge is 0.470 e. The van der Waals surface area contributed by atoms with Gasteiger partial charge in [0.1, 0.15) is 54.9 Å². The molecule has 14 atom stereocenters. The van der Waals surface area contributed by atoms with Gasteiger partial charge >= 0.3 is 13.8 Å². The summed E-state index contributed by atoms with van der Waals surface area (Å²) in [5.41, 5.74) is 5.53. The number of carboxylic acids is 1. The van der Waals surface area contributed by atoms with Gasteiger partial charge in [0.25, 0.3) is 5.79 Å². The molecule has 0 aromatic carbocycles. The fourth-order valence-corrected chi connectivity index (χ4v) is 5.01. The van der Waals surface area contributed by atoms with Crippen LogP contribution in [0.3, 0.4) is 0 Å². The van der Waals surface area contributed by atoms with Crippen LogP contribution in [-0.4, -0.2) is 167 Å². The highest BCUT2D eigenvalue weighted by molar-refractivity contribution is 7.46. The predicted octanol–water partition coefficient (Wildman–Crippen LogP) is -7.01. The normalized spacial score (nSPS) is 45.4. The van der Waals surface area contributed by atoms with Crippen molar-refractivity contribution in [3.05, 3.63) is 0 Å². The number of phosphoric acid groups is 1. The molecule has 0 saturated carbocycles. The largest absolute Gasteiger partial charge is 0.477 e. The number of rotatable bonds is 11. The second kappa shape index (κ2) is 13.1. The highest BCUT2D eigenvalue weighted by Crippen LogP contribution is 2.41. The molecular formula is C19H34NO19P. The van der Waals surface area contributed by atoms with Crippen LogP contribution in [0, 0.1) is 0 Å². The van der Waals surface area contributed by atoms with Crippen LogP contribution in [0.25, 0.3) is 0 Å². The van der Waals surface area contributed by atoms with Crippen molar-refractivity contribution in [3.8, 4) is 0 Å². The molecule has 3 aliphatic rings. The van der Waals surface area contributed by atoms with Gasteiger partial charge in [-0.25, -0.2) is 9.36 Å². The molecule has 3 rings (SSSR count). The quantitative estimate of drug-likeness (QED) is 0.0965. The molecule has 234 valence electrons. The first-order valence-electron chi connectivity index (χ1n) is 11.9. The summed E-state index contributed by atoms with van der Waals surface area (Å²) in [6.07, 6.45) is -21.7. The number of aliphatic hydroxyl groups is 8. The van der Waals surface area contributed by atoms with Crippen LogP contribution >= 0.6 is 7.82 Å². The predicted molar refractivity (Wildman–Crippen MR) is 119 cm³/mol. The van der Waals surface area contributed by atoms with Crippen LogP contribution in [0.2, 0.25) is 0 Å². The van der Waals surface area contributed by atoms with Gasteiger partial charge in [0.15, 0.2) is 12.6 Å². The van der Waals surface area contributed by atoms with E-state index in [9.17, 15) is 50.2 Å². The summed E-state index contributed by atoms with van der Waals surface area (Å²) in [5.74, 6) is -4.48. The molecule has 0 spiro atoms. The third-order valence-electron chi connectivity index (χ3n) is 6.65. The molecule has 0 radical (unpaired) electrons. The number of carbonyl (C=O) groups is 1. The molecule has 0 aliphatic carbocycles. The Hall–Kier alpha value is -0.980. The van der Waals surface area contributed by atoms with Gasteiger partial charge in [-0.05, 0) is 0 Å². The fraction of sp³-hybridized carbons (Fsp3) is 0.947. The van der Waals surface area contributed by atoms with Crippen molar-refractivity contribution in [1.29, 1.82) is 0 Å². The van der Waals surface area contributed by atoms with Crippen LogP contribution in [0.15, 0.2) is 0 Å². The zero-order valence-electron chi connectivity index (χ0n) is 20.5. The van der Waals surface area contributed by atoms with E-state index >= 15 is 0 Å². The summed E-state index contributed by atoms with van der Waals surface area (Å²) in [5, 5.41) is 89.6. The Kier molecular flexibility index (Phi) is 11.0. The van der Waals surface area contributed by atoms with E-state index < -0.39 is 125 Å². The van der Waals surface area contributed by atoms with E-state index in [1.165, 1.54) is 0 Å². The first-order chi connectivity index (χ1) is 18.5. The zero-order valence-corrected chi connectivity index (χ0v) is 21.4. The SMILES string of the molecule is N[C@H]1C(O)O[C@H](CO[C@H]2O[C@H](CO[C@]3(C(=O)O)C[C@@H](O)[C@@H](O)[C@@H]([C@H](O)CO)O3)[C@@H](O)[C@@H]2O)[C@@H](OP(=O)(O)O)[C@@H]1O. The monoisotopic (exact) mass is 611 g/mol. The Balaban J connectivity index is 1.66. The van der Waals surface area contributed by atoms with E-state index in [1.807, 2.05) is 0 Å². The Morgan fingerprint density at radius 1 is 1.00 bits per heavy atom. The molecule has 3 saturated heterocycles. The van der Waals surface area contributed by atoms with Gasteiger partial charge < -0.3 is 85.2 Å². The number of aliphatic carboxylic acids is 1. The van der Waals surface area contributed by atoms with Crippen molar-refractivity contribution in [2.45, 2.75) is 91.9 Å². The Morgan fingerprint density at radius 3 is 2.23 bits per heavy atom. The van der Waals surface area contributed by atoms with Crippen LogP contribution in [0.4, 0.5) is 0 Å². The van der Waals surface area contributed by atoms with Crippen LogP contribution in [-0.2, 0) is 37.6 Å². The topological polar surface area (TPSA) is 338 Å². The van der Waals surface area contributed by atoms with Crippen molar-refractivity contribution in [2.75, 3.05) is 19.8 Å². The van der Waals surface area contributed by atoms with E-state index in [0.29, 0.717) is 0 Å². The number of carboxylic acid groups (broad SMARTS) is 1. The van der Waals surface area contributed by atoms with Crippen molar-refractivity contribution in [1.82, 2.24) is 0 Å². The Bertz CT molecular complexity index is 909. The van der Waals surface area contributed by atoms with Crippen molar-refractivity contribution in [3.63, 3.8) is 0 Å². The van der Waals surface area contributed by atoms with Gasteiger partial charge in [0.05, 0.1) is 32.0 Å². The van der Waals surface area contributed by atoms with Gasteiger partial charge in [-0.15, -0.1) is 0 Å². The maximum Gasteiger partial charge on any atom is 0.470 e. The van der Waals surface area contributed by atoms with Gasteiger partial charge in [-0.2, -0.15) is 0 Å². The third-order valence-corrected chi connectivity index (χ3v) is 7.17. The Morgan fingerprint density at radius 2 is 1.65 bits per heavy atom. The second-order valence-electron chi connectivity index (χ2n) is 9.51. The lowest BCUT2D eigenvalue weighted by atomic mass is 9.92. The second-order valence-corrected chi connectivity index (χ2v) is 10.7. The van der Waals surface area contributed by atoms with E-state index in [1.54, 1.807) is 0 Å². The Labute approximate surface area is 225 Å². The van der Waals surface area contributed by atoms with E-state index in [4.69, 9.17) is 44.3 Å². The average molecular weight is 611 g/mol. The number of hydrogen-bond donors (Lipinski definition) is 12. The summed E-state index contributed by atoms with van der Waals surface area (Å²) in [4.78, 5) is 30.2. The van der Waals surface area contributed by atoms with Crippen LogP contribution in [0.5, 0.6) is 0 Å². The first kappa shape index (κ1) is 33.5. The number of ether oxygens (including phenoxy) is 5. The van der Waals surface area contributed by atoms with Gasteiger partial charge in [0, 0.05) is 6.42 Å². The molecule has 0 amide bonds. The summed E-state index contributed by atoms with van der Waals surface area (Å²) in [7, 11) is -5.19. The minimum absolute atomic E-state index is 0.736. The molecule has 3 aliphatic heterocycles. The highest BCUT2D eigenvalue weighted by Gasteiger charge is 2.56. The van der Waals surface area contributed by atoms with E-state index in [0.717, 1.165) is 0 Å². The zero-order chi connectivity index (χ0) is 30.2. The van der Waals surface area contributed by atoms with Crippen molar-refractivity contribution < 1.29 is 93.3 Å². The molecule has 21 heteroatoms. The van der Waals surface area contributed by atoms with Gasteiger partial charge in [-0.3, -0.25) is 4.52 Å². The summed E-state index contributed by atoms with van der Waals surface area (Å²) in [6.45, 7) is -2.50. The number of aliphatic hydroxyl groups excluding tert-OH is 8. The maximum absolute atomic E-state index is 12.0. The lowest BCUT2D eigenvalue weighted by Crippen LogP contribution is -2.63.